The number of phenols is 1. The molecule has 0 heterocycles. The maximum atomic E-state index is 10.1. The predicted octanol–water partition coefficient (Wildman–Crippen LogP) is 4.66. The summed E-state index contributed by atoms with van der Waals surface area (Å²) in [6, 6.07) is 13.5. The van der Waals surface area contributed by atoms with Crippen molar-refractivity contribution in [1.29, 1.82) is 0 Å². The van der Waals surface area contributed by atoms with Crippen LogP contribution in [0.4, 0.5) is 5.69 Å². The first-order chi connectivity index (χ1) is 10.1. The van der Waals surface area contributed by atoms with Crippen LogP contribution in [0.25, 0.3) is 0 Å². The quantitative estimate of drug-likeness (QED) is 0.810. The third-order valence-corrected chi connectivity index (χ3v) is 3.24. The molecule has 1 N–H and O–H groups in total. The van der Waals surface area contributed by atoms with E-state index in [1.807, 2.05) is 31.2 Å². The zero-order chi connectivity index (χ0) is 15.2. The number of nitrogens with zero attached hydrogens (tertiary/aromatic N) is 1. The summed E-state index contributed by atoms with van der Waals surface area (Å²) in [7, 11) is 0. The molecule has 0 unspecified atom stereocenters. The van der Waals surface area contributed by atoms with Crippen molar-refractivity contribution in [2.45, 2.75) is 26.7 Å². The first kappa shape index (κ1) is 15.1. The highest BCUT2D eigenvalue weighted by Crippen LogP contribution is 2.29. The minimum Gasteiger partial charge on any atom is -0.504 e. The molecular weight excluding hydrogens is 262 g/mol. The van der Waals surface area contributed by atoms with Gasteiger partial charge in [-0.05, 0) is 42.7 Å². The van der Waals surface area contributed by atoms with Gasteiger partial charge in [0.2, 0.25) is 0 Å². The van der Waals surface area contributed by atoms with Crippen LogP contribution in [0.1, 0.15) is 37.8 Å². The molecule has 2 aromatic carbocycles. The van der Waals surface area contributed by atoms with Crippen molar-refractivity contribution in [1.82, 2.24) is 0 Å². The van der Waals surface area contributed by atoms with Crippen LogP contribution in [-0.2, 0) is 0 Å². The van der Waals surface area contributed by atoms with Gasteiger partial charge >= 0.3 is 0 Å². The summed E-state index contributed by atoms with van der Waals surface area (Å²) in [6.07, 6.45) is 1.65. The molecule has 0 aliphatic rings. The lowest BCUT2D eigenvalue weighted by atomic mass is 10.0. The summed E-state index contributed by atoms with van der Waals surface area (Å²) in [6.45, 7) is 6.73. The lowest BCUT2D eigenvalue weighted by molar-refractivity contribution is 0.318. The average Bonchev–Trinajstić information content (AvgIpc) is 2.49. The second-order valence-corrected chi connectivity index (χ2v) is 5.13. The van der Waals surface area contributed by atoms with E-state index in [1.54, 1.807) is 12.3 Å². The molecule has 0 bridgehead atoms. The van der Waals surface area contributed by atoms with Gasteiger partial charge in [-0.2, -0.15) is 0 Å². The van der Waals surface area contributed by atoms with Gasteiger partial charge in [0.1, 0.15) is 0 Å². The van der Waals surface area contributed by atoms with E-state index in [4.69, 9.17) is 4.74 Å². The van der Waals surface area contributed by atoms with E-state index in [-0.39, 0.29) is 5.75 Å². The molecule has 3 nitrogen and oxygen atoms in total. The zero-order valence-electron chi connectivity index (χ0n) is 12.7. The van der Waals surface area contributed by atoms with Gasteiger partial charge in [0, 0.05) is 11.8 Å². The monoisotopic (exact) mass is 283 g/mol. The van der Waals surface area contributed by atoms with Crippen molar-refractivity contribution in [3.63, 3.8) is 0 Å². The Balaban J connectivity index is 2.19. The highest BCUT2D eigenvalue weighted by molar-refractivity contribution is 5.86. The topological polar surface area (TPSA) is 41.8 Å². The van der Waals surface area contributed by atoms with Gasteiger partial charge in [0.15, 0.2) is 11.5 Å². The van der Waals surface area contributed by atoms with Gasteiger partial charge in [-0.3, -0.25) is 4.99 Å². The number of benzene rings is 2. The van der Waals surface area contributed by atoms with Crippen LogP contribution >= 0.6 is 0 Å². The van der Waals surface area contributed by atoms with Crippen molar-refractivity contribution in [3.8, 4) is 11.5 Å². The van der Waals surface area contributed by atoms with Crippen molar-refractivity contribution in [2.75, 3.05) is 6.61 Å². The Bertz CT molecular complexity index is 616. The molecular formula is C18H21NO2. The summed E-state index contributed by atoms with van der Waals surface area (Å²) in [5.74, 6) is 1.12. The van der Waals surface area contributed by atoms with Crippen molar-refractivity contribution < 1.29 is 9.84 Å². The zero-order valence-corrected chi connectivity index (χ0v) is 12.7. The molecule has 0 saturated carbocycles. The van der Waals surface area contributed by atoms with Gasteiger partial charge in [-0.1, -0.05) is 32.0 Å². The smallest absolute Gasteiger partial charge is 0.166 e. The summed E-state index contributed by atoms with van der Waals surface area (Å²) in [4.78, 5) is 4.40. The number of aromatic hydroxyl groups is 1. The Morgan fingerprint density at radius 2 is 1.86 bits per heavy atom. The Labute approximate surface area is 125 Å². The van der Waals surface area contributed by atoms with Gasteiger partial charge in [-0.25, -0.2) is 0 Å². The maximum absolute atomic E-state index is 10.1. The molecule has 0 fully saturated rings. The number of hydrogen-bond acceptors (Lipinski definition) is 3. The van der Waals surface area contributed by atoms with E-state index < -0.39 is 0 Å². The molecule has 0 aromatic heterocycles. The lowest BCUT2D eigenvalue weighted by Gasteiger charge is -2.07. The number of aliphatic imine (C=N–C) groups is 1. The summed E-state index contributed by atoms with van der Waals surface area (Å²) < 4.78 is 5.36. The molecule has 0 saturated heterocycles. The van der Waals surface area contributed by atoms with Gasteiger partial charge in [0.25, 0.3) is 0 Å². The van der Waals surface area contributed by atoms with Crippen LogP contribution in [0, 0.1) is 0 Å². The van der Waals surface area contributed by atoms with E-state index >= 15 is 0 Å². The fourth-order valence-corrected chi connectivity index (χ4v) is 2.00. The number of ether oxygens (including phenoxy) is 1. The van der Waals surface area contributed by atoms with E-state index in [0.717, 1.165) is 5.69 Å². The van der Waals surface area contributed by atoms with Crippen LogP contribution < -0.4 is 4.74 Å². The Morgan fingerprint density at radius 3 is 2.48 bits per heavy atom. The van der Waals surface area contributed by atoms with Gasteiger partial charge < -0.3 is 9.84 Å². The molecule has 0 radical (unpaired) electrons. The third-order valence-electron chi connectivity index (χ3n) is 3.24. The first-order valence-corrected chi connectivity index (χ1v) is 7.20. The Kier molecular flexibility index (Phi) is 4.99. The normalized spacial score (nSPS) is 11.2. The molecule has 110 valence electrons. The Morgan fingerprint density at radius 1 is 1.14 bits per heavy atom. The fourth-order valence-electron chi connectivity index (χ4n) is 2.00. The van der Waals surface area contributed by atoms with E-state index in [1.165, 1.54) is 5.56 Å². The minimum absolute atomic E-state index is 0.127. The standard InChI is InChI=1S/C18H21NO2/c1-4-21-17-7-5-6-15(18(17)20)12-19-16-10-8-14(9-11-16)13(2)3/h5-13,20H,4H2,1-3H3. The minimum atomic E-state index is 0.127. The summed E-state index contributed by atoms with van der Waals surface area (Å²) in [5, 5.41) is 10.1. The molecule has 0 amide bonds. The molecule has 2 rings (SSSR count). The molecule has 0 aliphatic carbocycles. The molecule has 2 aromatic rings. The number of hydrogen-bond donors (Lipinski definition) is 1. The second-order valence-electron chi connectivity index (χ2n) is 5.13. The van der Waals surface area contributed by atoms with E-state index in [9.17, 15) is 5.11 Å². The summed E-state index contributed by atoms with van der Waals surface area (Å²) in [5.41, 5.74) is 2.80. The van der Waals surface area contributed by atoms with Crippen LogP contribution in [0.5, 0.6) is 11.5 Å². The fraction of sp³-hybridized carbons (Fsp3) is 0.278. The van der Waals surface area contributed by atoms with E-state index in [0.29, 0.717) is 23.8 Å². The van der Waals surface area contributed by atoms with E-state index in [2.05, 4.69) is 31.0 Å². The molecule has 0 spiro atoms. The maximum Gasteiger partial charge on any atom is 0.166 e. The predicted molar refractivity (Wildman–Crippen MR) is 87.1 cm³/mol. The van der Waals surface area contributed by atoms with Gasteiger partial charge in [-0.15, -0.1) is 0 Å². The molecule has 0 atom stereocenters. The lowest BCUT2D eigenvalue weighted by Crippen LogP contribution is -1.93. The number of phenolic OH excluding ortho intramolecular Hbond substituents is 1. The van der Waals surface area contributed by atoms with Crippen LogP contribution in [-0.4, -0.2) is 17.9 Å². The van der Waals surface area contributed by atoms with Crippen LogP contribution in [0.2, 0.25) is 0 Å². The largest absolute Gasteiger partial charge is 0.504 e. The summed E-state index contributed by atoms with van der Waals surface area (Å²) >= 11 is 0. The van der Waals surface area contributed by atoms with Crippen molar-refractivity contribution >= 4 is 11.9 Å². The number of para-hydroxylation sites is 1. The Hall–Kier alpha value is -2.29. The third kappa shape index (κ3) is 3.85. The number of rotatable bonds is 5. The second kappa shape index (κ2) is 6.93. The highest BCUT2D eigenvalue weighted by Gasteiger charge is 2.05. The molecule has 0 aliphatic heterocycles. The SMILES string of the molecule is CCOc1cccc(C=Nc2ccc(C(C)C)cc2)c1O. The van der Waals surface area contributed by atoms with Crippen LogP contribution in [0.3, 0.4) is 0 Å². The van der Waals surface area contributed by atoms with Gasteiger partial charge in [0.05, 0.1) is 12.3 Å². The highest BCUT2D eigenvalue weighted by atomic mass is 16.5. The first-order valence-electron chi connectivity index (χ1n) is 7.20. The van der Waals surface area contributed by atoms with Crippen molar-refractivity contribution in [2.24, 2.45) is 4.99 Å². The molecule has 3 heteroatoms. The molecule has 21 heavy (non-hydrogen) atoms. The van der Waals surface area contributed by atoms with Crippen LogP contribution in [0.15, 0.2) is 47.5 Å². The van der Waals surface area contributed by atoms with Crippen molar-refractivity contribution in [3.05, 3.63) is 53.6 Å². The average molecular weight is 283 g/mol.